The minimum Gasteiger partial charge on any atom is -0.284 e. The molecule has 0 fully saturated rings. The van der Waals surface area contributed by atoms with Gasteiger partial charge in [-0.15, -0.1) is 13.2 Å². The minimum atomic E-state index is 0.0667. The Balaban J connectivity index is 2.45. The van der Waals surface area contributed by atoms with Gasteiger partial charge in [0.15, 0.2) is 0 Å². The molecule has 106 valence electrons. The van der Waals surface area contributed by atoms with E-state index < -0.39 is 0 Å². The summed E-state index contributed by atoms with van der Waals surface area (Å²) >= 11 is 3.58. The Kier molecular flexibility index (Phi) is 4.98. The molecule has 0 bridgehead atoms. The van der Waals surface area contributed by atoms with Gasteiger partial charge in [0.25, 0.3) is 0 Å². The first kappa shape index (κ1) is 15.2. The van der Waals surface area contributed by atoms with E-state index in [1.165, 1.54) is 16.8 Å². The number of aliphatic imine (C=N–C) groups is 1. The van der Waals surface area contributed by atoms with Gasteiger partial charge in [-0.3, -0.25) is 4.99 Å². The molecule has 1 nitrogen and oxygen atoms in total. The Morgan fingerprint density at radius 2 is 1.85 bits per heavy atom. The fourth-order valence-corrected chi connectivity index (χ4v) is 3.46. The van der Waals surface area contributed by atoms with E-state index >= 15 is 0 Å². The molecule has 1 heterocycles. The first-order chi connectivity index (χ1) is 9.65. The van der Waals surface area contributed by atoms with Crippen LogP contribution in [0.5, 0.6) is 0 Å². The molecular formula is C18H22BrN. The van der Waals surface area contributed by atoms with E-state index in [0.717, 1.165) is 24.6 Å². The molecule has 0 spiro atoms. The molecule has 2 rings (SSSR count). The smallest absolute Gasteiger partial charge is 0.0609 e. The van der Waals surface area contributed by atoms with Crippen molar-refractivity contribution in [3.05, 3.63) is 60.7 Å². The van der Waals surface area contributed by atoms with E-state index in [0.29, 0.717) is 6.04 Å². The molecule has 2 heteroatoms. The van der Waals surface area contributed by atoms with Crippen molar-refractivity contribution in [1.29, 1.82) is 0 Å². The zero-order valence-electron chi connectivity index (χ0n) is 12.1. The molecule has 0 saturated carbocycles. The number of aryl methyl sites for hydroxylation is 1. The molecule has 1 atom stereocenters. The van der Waals surface area contributed by atoms with Gasteiger partial charge in [-0.2, -0.15) is 0 Å². The van der Waals surface area contributed by atoms with E-state index in [1.54, 1.807) is 0 Å². The third-order valence-electron chi connectivity index (χ3n) is 4.01. The van der Waals surface area contributed by atoms with Crippen molar-refractivity contribution >= 4 is 21.6 Å². The third-order valence-corrected chi connectivity index (χ3v) is 4.76. The standard InChI is InChI=1S/C18H22BrN/c1-4-10-18(11-5-2)12-16(13-19)20-17(18)15-8-6-14(3)7-9-15/h4-9,16H,1-2,10-13H2,3H3. The summed E-state index contributed by atoms with van der Waals surface area (Å²) in [6, 6.07) is 9.04. The highest BCUT2D eigenvalue weighted by molar-refractivity contribution is 9.09. The summed E-state index contributed by atoms with van der Waals surface area (Å²) in [5.74, 6) is 0. The molecule has 1 aromatic carbocycles. The van der Waals surface area contributed by atoms with Gasteiger partial charge in [-0.1, -0.05) is 57.9 Å². The lowest BCUT2D eigenvalue weighted by atomic mass is 9.72. The van der Waals surface area contributed by atoms with Gasteiger partial charge in [0, 0.05) is 16.5 Å². The van der Waals surface area contributed by atoms with Crippen LogP contribution >= 0.6 is 15.9 Å². The van der Waals surface area contributed by atoms with Crippen LogP contribution in [0.25, 0.3) is 0 Å². The summed E-state index contributed by atoms with van der Waals surface area (Å²) in [6.45, 7) is 10.0. The van der Waals surface area contributed by atoms with Crippen LogP contribution in [0.2, 0.25) is 0 Å². The summed E-state index contributed by atoms with van der Waals surface area (Å²) in [5, 5.41) is 0.915. The summed E-state index contributed by atoms with van der Waals surface area (Å²) in [6.07, 6.45) is 7.01. The predicted molar refractivity (Wildman–Crippen MR) is 92.0 cm³/mol. The number of alkyl halides is 1. The van der Waals surface area contributed by atoms with Gasteiger partial charge < -0.3 is 0 Å². The molecular weight excluding hydrogens is 310 g/mol. The minimum absolute atomic E-state index is 0.0667. The van der Waals surface area contributed by atoms with Crippen LogP contribution in [0.1, 0.15) is 30.4 Å². The normalized spacial score (nSPS) is 20.5. The lowest BCUT2D eigenvalue weighted by Gasteiger charge is -2.29. The monoisotopic (exact) mass is 331 g/mol. The topological polar surface area (TPSA) is 12.4 Å². The van der Waals surface area contributed by atoms with Crippen LogP contribution in [0.3, 0.4) is 0 Å². The van der Waals surface area contributed by atoms with Crippen molar-refractivity contribution in [1.82, 2.24) is 0 Å². The van der Waals surface area contributed by atoms with Crippen LogP contribution in [0.15, 0.2) is 54.6 Å². The summed E-state index contributed by atoms with van der Waals surface area (Å²) in [7, 11) is 0. The maximum Gasteiger partial charge on any atom is 0.0609 e. The van der Waals surface area contributed by atoms with E-state index in [1.807, 2.05) is 12.2 Å². The lowest BCUT2D eigenvalue weighted by Crippen LogP contribution is -2.28. The van der Waals surface area contributed by atoms with Crippen LogP contribution in [0.4, 0.5) is 0 Å². The number of allylic oxidation sites excluding steroid dienone is 2. The number of hydrogen-bond donors (Lipinski definition) is 0. The first-order valence-corrected chi connectivity index (χ1v) is 8.20. The fourth-order valence-electron chi connectivity index (χ4n) is 3.09. The lowest BCUT2D eigenvalue weighted by molar-refractivity contribution is 0.402. The number of halogens is 1. The average Bonchev–Trinajstić information content (AvgIpc) is 2.79. The zero-order valence-corrected chi connectivity index (χ0v) is 13.7. The zero-order chi connectivity index (χ0) is 14.6. The molecule has 0 aliphatic carbocycles. The van der Waals surface area contributed by atoms with Gasteiger partial charge in [-0.25, -0.2) is 0 Å². The van der Waals surface area contributed by atoms with Crippen molar-refractivity contribution < 1.29 is 0 Å². The van der Waals surface area contributed by atoms with Crippen molar-refractivity contribution in [3.8, 4) is 0 Å². The molecule has 1 unspecified atom stereocenters. The molecule has 1 aromatic rings. The highest BCUT2D eigenvalue weighted by atomic mass is 79.9. The van der Waals surface area contributed by atoms with Crippen molar-refractivity contribution in [2.75, 3.05) is 5.33 Å². The molecule has 1 aliphatic rings. The van der Waals surface area contributed by atoms with Crippen molar-refractivity contribution in [2.24, 2.45) is 10.4 Å². The highest BCUT2D eigenvalue weighted by Crippen LogP contribution is 2.43. The van der Waals surface area contributed by atoms with Gasteiger partial charge in [0.2, 0.25) is 0 Å². The van der Waals surface area contributed by atoms with Crippen LogP contribution < -0.4 is 0 Å². The molecule has 20 heavy (non-hydrogen) atoms. The van der Waals surface area contributed by atoms with Crippen LogP contribution in [0, 0.1) is 12.3 Å². The second-order valence-corrected chi connectivity index (χ2v) is 6.27. The van der Waals surface area contributed by atoms with E-state index in [4.69, 9.17) is 4.99 Å². The summed E-state index contributed by atoms with van der Waals surface area (Å²) in [4.78, 5) is 4.97. The van der Waals surface area contributed by atoms with Gasteiger partial charge in [-0.05, 0) is 31.7 Å². The van der Waals surface area contributed by atoms with Crippen LogP contribution in [-0.2, 0) is 0 Å². The molecule has 0 saturated heterocycles. The van der Waals surface area contributed by atoms with Gasteiger partial charge in [0.1, 0.15) is 0 Å². The second-order valence-electron chi connectivity index (χ2n) is 5.62. The van der Waals surface area contributed by atoms with Crippen molar-refractivity contribution in [3.63, 3.8) is 0 Å². The Morgan fingerprint density at radius 3 is 2.35 bits per heavy atom. The average molecular weight is 332 g/mol. The SMILES string of the molecule is C=CCC1(CC=C)CC(CBr)N=C1c1ccc(C)cc1. The van der Waals surface area contributed by atoms with Crippen LogP contribution in [-0.4, -0.2) is 17.1 Å². The largest absolute Gasteiger partial charge is 0.284 e. The summed E-state index contributed by atoms with van der Waals surface area (Å²) < 4.78 is 0. The fraction of sp³-hybridized carbons (Fsp3) is 0.389. The molecule has 0 amide bonds. The number of benzene rings is 1. The number of nitrogens with zero attached hydrogens (tertiary/aromatic N) is 1. The molecule has 1 aliphatic heterocycles. The van der Waals surface area contributed by atoms with E-state index in [-0.39, 0.29) is 5.41 Å². The second kappa shape index (κ2) is 6.53. The van der Waals surface area contributed by atoms with Crippen molar-refractivity contribution in [2.45, 2.75) is 32.2 Å². The number of rotatable bonds is 6. The Hall–Kier alpha value is -1.15. The maximum atomic E-state index is 4.97. The Morgan fingerprint density at radius 1 is 1.25 bits per heavy atom. The van der Waals surface area contributed by atoms with Gasteiger partial charge >= 0.3 is 0 Å². The molecule has 0 aromatic heterocycles. The van der Waals surface area contributed by atoms with E-state index in [9.17, 15) is 0 Å². The third kappa shape index (κ3) is 2.95. The Labute approximate surface area is 130 Å². The quantitative estimate of drug-likeness (QED) is 0.508. The van der Waals surface area contributed by atoms with E-state index in [2.05, 4.69) is 60.3 Å². The van der Waals surface area contributed by atoms with Gasteiger partial charge in [0.05, 0.1) is 6.04 Å². The molecule has 0 N–H and O–H groups in total. The highest BCUT2D eigenvalue weighted by Gasteiger charge is 2.41. The summed E-state index contributed by atoms with van der Waals surface area (Å²) in [5.41, 5.74) is 3.81. The maximum absolute atomic E-state index is 4.97. The Bertz CT molecular complexity index is 503. The first-order valence-electron chi connectivity index (χ1n) is 7.08. The molecule has 0 radical (unpaired) electrons. The predicted octanol–water partition coefficient (Wildman–Crippen LogP) is 5.09. The number of hydrogen-bond acceptors (Lipinski definition) is 1.